The lowest BCUT2D eigenvalue weighted by molar-refractivity contribution is -0.116. The van der Waals surface area contributed by atoms with Gasteiger partial charge in [0.25, 0.3) is 0 Å². The number of hydrogen-bond acceptors (Lipinski definition) is 6. The summed E-state index contributed by atoms with van der Waals surface area (Å²) in [6.07, 6.45) is 2.21. The van der Waals surface area contributed by atoms with E-state index in [2.05, 4.69) is 29.2 Å². The Kier molecular flexibility index (Phi) is 4.39. The van der Waals surface area contributed by atoms with Gasteiger partial charge in [-0.05, 0) is 18.8 Å². The third-order valence-electron chi connectivity index (χ3n) is 3.08. The molecule has 0 unspecified atom stereocenters. The number of hydrogen-bond donors (Lipinski definition) is 3. The molecular weight excluding hydrogens is 256 g/mol. The third-order valence-corrected chi connectivity index (χ3v) is 3.08. The maximum atomic E-state index is 11.2. The van der Waals surface area contributed by atoms with Crippen LogP contribution in [0.25, 0.3) is 0 Å². The first-order chi connectivity index (χ1) is 9.49. The molecule has 1 aliphatic carbocycles. The van der Waals surface area contributed by atoms with E-state index in [1.165, 1.54) is 0 Å². The third kappa shape index (κ3) is 3.80. The molecule has 0 aromatic carbocycles. The quantitative estimate of drug-likeness (QED) is 0.497. The molecule has 1 saturated carbocycles. The van der Waals surface area contributed by atoms with Crippen molar-refractivity contribution in [2.24, 2.45) is 17.5 Å². The summed E-state index contributed by atoms with van der Waals surface area (Å²) in [7, 11) is 0. The number of carbonyl (C=O) groups excluding carboxylic acids is 1. The number of nitrogens with two attached hydrogens (primary N) is 2. The van der Waals surface area contributed by atoms with Crippen LogP contribution >= 0.6 is 0 Å². The summed E-state index contributed by atoms with van der Waals surface area (Å²) in [5.41, 5.74) is 7.88. The fourth-order valence-electron chi connectivity index (χ4n) is 2.08. The normalized spacial score (nSPS) is 14.4. The molecule has 1 aromatic rings. The van der Waals surface area contributed by atoms with Crippen molar-refractivity contribution in [3.63, 3.8) is 0 Å². The van der Waals surface area contributed by atoms with E-state index in [9.17, 15) is 4.79 Å². The number of nitrogen functional groups attached to an aromatic ring is 1. The van der Waals surface area contributed by atoms with Gasteiger partial charge in [-0.15, -0.1) is 0 Å². The highest BCUT2D eigenvalue weighted by Crippen LogP contribution is 2.39. The van der Waals surface area contributed by atoms with Crippen molar-refractivity contribution in [2.45, 2.75) is 32.6 Å². The van der Waals surface area contributed by atoms with Crippen molar-refractivity contribution in [1.29, 1.82) is 0 Å². The fourth-order valence-corrected chi connectivity index (χ4v) is 2.08. The number of nitrogens with one attached hydrogen (secondary N) is 1. The summed E-state index contributed by atoms with van der Waals surface area (Å²) in [5, 5.41) is 0. The summed E-state index contributed by atoms with van der Waals surface area (Å²) in [6, 6.07) is 1.75. The number of amides is 1. The average molecular weight is 278 g/mol. The van der Waals surface area contributed by atoms with Crippen LogP contribution in [-0.2, 0) is 4.79 Å². The van der Waals surface area contributed by atoms with Crippen LogP contribution in [-0.4, -0.2) is 29.0 Å². The molecule has 1 aliphatic rings. The van der Waals surface area contributed by atoms with Gasteiger partial charge in [0, 0.05) is 18.5 Å². The van der Waals surface area contributed by atoms with E-state index < -0.39 is 0 Å². The van der Waals surface area contributed by atoms with E-state index in [1.54, 1.807) is 6.07 Å². The Labute approximate surface area is 118 Å². The first kappa shape index (κ1) is 14.5. The molecular formula is C13H22N6O. The molecule has 0 saturated heterocycles. The van der Waals surface area contributed by atoms with Crippen LogP contribution in [0, 0.1) is 5.92 Å². The predicted octanol–water partition coefficient (Wildman–Crippen LogP) is 0.587. The van der Waals surface area contributed by atoms with E-state index in [0.717, 1.165) is 18.7 Å². The predicted molar refractivity (Wildman–Crippen MR) is 78.1 cm³/mol. The summed E-state index contributed by atoms with van der Waals surface area (Å²) >= 11 is 0. The number of nitrogens with zero attached hydrogens (tertiary/aromatic N) is 3. The van der Waals surface area contributed by atoms with Gasteiger partial charge in [-0.3, -0.25) is 4.79 Å². The van der Waals surface area contributed by atoms with Gasteiger partial charge in [0.15, 0.2) is 0 Å². The van der Waals surface area contributed by atoms with Crippen LogP contribution in [0.4, 0.5) is 11.6 Å². The summed E-state index contributed by atoms with van der Waals surface area (Å²) in [5.74, 6) is 7.94. The molecule has 1 amide bonds. The Morgan fingerprint density at radius 2 is 2.20 bits per heavy atom. The lowest BCUT2D eigenvalue weighted by atomic mass is 10.2. The molecule has 5 N–H and O–H groups in total. The van der Waals surface area contributed by atoms with Gasteiger partial charge in [-0.1, -0.05) is 13.8 Å². The highest BCUT2D eigenvalue weighted by Gasteiger charge is 2.28. The molecule has 0 aliphatic heterocycles. The zero-order valence-electron chi connectivity index (χ0n) is 12.0. The van der Waals surface area contributed by atoms with Crippen LogP contribution in [0.1, 0.15) is 38.4 Å². The van der Waals surface area contributed by atoms with Gasteiger partial charge in [0.1, 0.15) is 17.5 Å². The van der Waals surface area contributed by atoms with Crippen molar-refractivity contribution >= 4 is 17.5 Å². The van der Waals surface area contributed by atoms with E-state index >= 15 is 0 Å². The minimum atomic E-state index is -0.375. The van der Waals surface area contributed by atoms with Crippen molar-refractivity contribution in [2.75, 3.05) is 23.4 Å². The average Bonchev–Trinajstić information content (AvgIpc) is 3.20. The standard InChI is InChI=1S/C13H22N6O/c1-8(2)6-19(7-10(14)20)12-5-11(18-15)16-13(17-12)9-3-4-9/h5,8-9H,3-4,6-7,15H2,1-2H3,(H2,14,20)(H,16,17,18). The highest BCUT2D eigenvalue weighted by atomic mass is 16.1. The summed E-state index contributed by atoms with van der Waals surface area (Å²) < 4.78 is 0. The molecule has 7 nitrogen and oxygen atoms in total. The largest absolute Gasteiger partial charge is 0.368 e. The summed E-state index contributed by atoms with van der Waals surface area (Å²) in [6.45, 7) is 5.01. The monoisotopic (exact) mass is 278 g/mol. The topological polar surface area (TPSA) is 110 Å². The minimum absolute atomic E-state index is 0.142. The Morgan fingerprint density at radius 3 is 2.70 bits per heavy atom. The lowest BCUT2D eigenvalue weighted by Crippen LogP contribution is -2.37. The summed E-state index contributed by atoms with van der Waals surface area (Å²) in [4.78, 5) is 22.0. The second kappa shape index (κ2) is 6.04. The maximum absolute atomic E-state index is 11.2. The molecule has 1 heterocycles. The number of carbonyl (C=O) groups is 1. The lowest BCUT2D eigenvalue weighted by Gasteiger charge is -2.25. The zero-order chi connectivity index (χ0) is 14.7. The highest BCUT2D eigenvalue weighted by molar-refractivity contribution is 5.79. The SMILES string of the molecule is CC(C)CN(CC(N)=O)c1cc(NN)nc(C2CC2)n1. The van der Waals surface area contributed by atoms with E-state index in [0.29, 0.717) is 30.0 Å². The second-order valence-electron chi connectivity index (χ2n) is 5.63. The molecule has 20 heavy (non-hydrogen) atoms. The molecule has 0 bridgehead atoms. The minimum Gasteiger partial charge on any atom is -0.368 e. The molecule has 110 valence electrons. The second-order valence-corrected chi connectivity index (χ2v) is 5.63. The first-order valence-electron chi connectivity index (χ1n) is 6.88. The van der Waals surface area contributed by atoms with E-state index in [1.807, 2.05) is 4.90 Å². The Hall–Kier alpha value is -1.89. The fraction of sp³-hybridized carbons (Fsp3) is 0.615. The van der Waals surface area contributed by atoms with E-state index in [-0.39, 0.29) is 12.5 Å². The Bertz CT molecular complexity index is 486. The maximum Gasteiger partial charge on any atom is 0.236 e. The Balaban J connectivity index is 2.29. The molecule has 0 radical (unpaired) electrons. The van der Waals surface area contributed by atoms with Gasteiger partial charge in [-0.25, -0.2) is 15.8 Å². The van der Waals surface area contributed by atoms with Crippen LogP contribution in [0.5, 0.6) is 0 Å². The molecule has 7 heteroatoms. The van der Waals surface area contributed by atoms with Crippen LogP contribution in [0.15, 0.2) is 6.07 Å². The van der Waals surface area contributed by atoms with Gasteiger partial charge in [0.2, 0.25) is 5.91 Å². The van der Waals surface area contributed by atoms with Crippen LogP contribution < -0.4 is 21.9 Å². The smallest absolute Gasteiger partial charge is 0.236 e. The zero-order valence-corrected chi connectivity index (χ0v) is 12.0. The molecule has 1 aromatic heterocycles. The number of anilines is 2. The van der Waals surface area contributed by atoms with Crippen molar-refractivity contribution in [1.82, 2.24) is 9.97 Å². The Morgan fingerprint density at radius 1 is 1.50 bits per heavy atom. The number of aromatic nitrogens is 2. The van der Waals surface area contributed by atoms with Crippen molar-refractivity contribution < 1.29 is 4.79 Å². The number of hydrazine groups is 1. The molecule has 2 rings (SSSR count). The van der Waals surface area contributed by atoms with E-state index in [4.69, 9.17) is 11.6 Å². The first-order valence-corrected chi connectivity index (χ1v) is 6.88. The number of rotatable bonds is 7. The number of primary amides is 1. The molecule has 0 atom stereocenters. The van der Waals surface area contributed by atoms with Gasteiger partial charge in [0.05, 0.1) is 6.54 Å². The van der Waals surface area contributed by atoms with Crippen molar-refractivity contribution in [3.8, 4) is 0 Å². The molecule has 1 fully saturated rings. The van der Waals surface area contributed by atoms with Gasteiger partial charge < -0.3 is 16.1 Å². The van der Waals surface area contributed by atoms with Gasteiger partial charge in [-0.2, -0.15) is 0 Å². The molecule has 0 spiro atoms. The van der Waals surface area contributed by atoms with Crippen molar-refractivity contribution in [3.05, 3.63) is 11.9 Å². The van der Waals surface area contributed by atoms with Crippen LogP contribution in [0.2, 0.25) is 0 Å². The van der Waals surface area contributed by atoms with Gasteiger partial charge >= 0.3 is 0 Å². The van der Waals surface area contributed by atoms with Crippen LogP contribution in [0.3, 0.4) is 0 Å².